The summed E-state index contributed by atoms with van der Waals surface area (Å²) in [5.41, 5.74) is 6.56. The molecule has 0 bridgehead atoms. The van der Waals surface area contributed by atoms with Crippen molar-refractivity contribution in [3.8, 4) is 11.8 Å². The van der Waals surface area contributed by atoms with Crippen LogP contribution in [-0.2, 0) is 0 Å². The number of hydrogen-bond acceptors (Lipinski definition) is 4. The van der Waals surface area contributed by atoms with Gasteiger partial charge in [0.1, 0.15) is 5.69 Å². The molecule has 5 heteroatoms. The zero-order chi connectivity index (χ0) is 15.2. The number of hydrogen-bond donors (Lipinski definition) is 1. The van der Waals surface area contributed by atoms with Crippen LogP contribution in [0.25, 0.3) is 0 Å². The zero-order valence-electron chi connectivity index (χ0n) is 12.7. The van der Waals surface area contributed by atoms with E-state index in [1.54, 1.807) is 23.2 Å². The molecule has 0 spiro atoms. The van der Waals surface area contributed by atoms with Crippen molar-refractivity contribution in [2.45, 2.75) is 6.42 Å². The molecule has 112 valence electrons. The van der Waals surface area contributed by atoms with Crippen molar-refractivity contribution in [1.29, 1.82) is 0 Å². The van der Waals surface area contributed by atoms with Crippen LogP contribution in [0.4, 0.5) is 0 Å². The van der Waals surface area contributed by atoms with E-state index < -0.39 is 0 Å². The Balaban J connectivity index is 1.95. The van der Waals surface area contributed by atoms with Gasteiger partial charge in [-0.1, -0.05) is 11.8 Å². The molecule has 1 aromatic rings. The van der Waals surface area contributed by atoms with Crippen molar-refractivity contribution in [3.63, 3.8) is 0 Å². The van der Waals surface area contributed by atoms with Gasteiger partial charge in [-0.15, -0.1) is 0 Å². The first-order valence-corrected chi connectivity index (χ1v) is 7.19. The van der Waals surface area contributed by atoms with Crippen LogP contribution in [0.2, 0.25) is 0 Å². The number of amides is 1. The molecule has 1 unspecified atom stereocenters. The van der Waals surface area contributed by atoms with Crippen LogP contribution in [0, 0.1) is 17.8 Å². The Kier molecular flexibility index (Phi) is 5.32. The van der Waals surface area contributed by atoms with Crippen molar-refractivity contribution in [2.75, 3.05) is 40.3 Å². The van der Waals surface area contributed by atoms with E-state index >= 15 is 0 Å². The molecule has 0 radical (unpaired) electrons. The number of rotatable bonds is 3. The van der Waals surface area contributed by atoms with Gasteiger partial charge in [-0.05, 0) is 38.1 Å². The largest absolute Gasteiger partial charge is 0.340 e. The van der Waals surface area contributed by atoms with E-state index in [4.69, 9.17) is 5.73 Å². The Morgan fingerprint density at radius 3 is 2.95 bits per heavy atom. The molecule has 2 N–H and O–H groups in total. The lowest BCUT2D eigenvalue weighted by Crippen LogP contribution is -2.33. The highest BCUT2D eigenvalue weighted by atomic mass is 16.2. The van der Waals surface area contributed by atoms with Gasteiger partial charge in [0, 0.05) is 31.9 Å². The summed E-state index contributed by atoms with van der Waals surface area (Å²) in [6.45, 7) is 3.26. The Morgan fingerprint density at radius 2 is 2.38 bits per heavy atom. The molecule has 1 aromatic heterocycles. The summed E-state index contributed by atoms with van der Waals surface area (Å²) in [4.78, 5) is 20.6. The zero-order valence-corrected chi connectivity index (χ0v) is 12.7. The van der Waals surface area contributed by atoms with Gasteiger partial charge in [-0.2, -0.15) is 0 Å². The fourth-order valence-corrected chi connectivity index (χ4v) is 2.59. The standard InChI is InChI=1S/C16H22N4O/c1-19-9-7-14(11-19)12-20(2)16(21)15-6-5-13(10-18-15)4-3-8-17/h5-6,10,14H,7-9,11-12,17H2,1-2H3. The number of aromatic nitrogens is 1. The van der Waals surface area contributed by atoms with Gasteiger partial charge in [0.25, 0.3) is 5.91 Å². The highest BCUT2D eigenvalue weighted by Gasteiger charge is 2.23. The molecule has 1 fully saturated rings. The molecular formula is C16H22N4O. The van der Waals surface area contributed by atoms with E-state index in [2.05, 4.69) is 28.8 Å². The van der Waals surface area contributed by atoms with Crippen molar-refractivity contribution in [2.24, 2.45) is 11.7 Å². The van der Waals surface area contributed by atoms with E-state index in [0.717, 1.165) is 31.6 Å². The molecule has 2 heterocycles. The average Bonchev–Trinajstić information content (AvgIpc) is 2.90. The topological polar surface area (TPSA) is 62.5 Å². The molecule has 1 atom stereocenters. The fraction of sp³-hybridized carbons (Fsp3) is 0.500. The van der Waals surface area contributed by atoms with E-state index in [0.29, 0.717) is 18.2 Å². The molecule has 2 rings (SSSR count). The quantitative estimate of drug-likeness (QED) is 0.818. The minimum atomic E-state index is -0.0390. The second kappa shape index (κ2) is 7.21. The Morgan fingerprint density at radius 1 is 1.57 bits per heavy atom. The van der Waals surface area contributed by atoms with Crippen LogP contribution in [0.5, 0.6) is 0 Å². The Labute approximate surface area is 126 Å². The molecule has 1 saturated heterocycles. The smallest absolute Gasteiger partial charge is 0.272 e. The van der Waals surface area contributed by atoms with Gasteiger partial charge in [0.2, 0.25) is 0 Å². The van der Waals surface area contributed by atoms with Crippen LogP contribution < -0.4 is 5.73 Å². The summed E-state index contributed by atoms with van der Waals surface area (Å²) in [6, 6.07) is 3.53. The van der Waals surface area contributed by atoms with Crippen molar-refractivity contribution in [3.05, 3.63) is 29.6 Å². The number of carbonyl (C=O) groups excluding carboxylic acids is 1. The first kappa shape index (κ1) is 15.5. The first-order chi connectivity index (χ1) is 10.1. The first-order valence-electron chi connectivity index (χ1n) is 7.19. The minimum absolute atomic E-state index is 0.0390. The third kappa shape index (κ3) is 4.28. The predicted octanol–water partition coefficient (Wildman–Crippen LogP) is 0.416. The van der Waals surface area contributed by atoms with Gasteiger partial charge in [0.05, 0.1) is 6.54 Å². The average molecular weight is 286 g/mol. The lowest BCUT2D eigenvalue weighted by atomic mass is 10.1. The van der Waals surface area contributed by atoms with E-state index in [1.165, 1.54) is 0 Å². The van der Waals surface area contributed by atoms with Crippen molar-refractivity contribution < 1.29 is 4.79 Å². The summed E-state index contributed by atoms with van der Waals surface area (Å²) in [7, 11) is 3.95. The maximum absolute atomic E-state index is 12.3. The van der Waals surface area contributed by atoms with Gasteiger partial charge < -0.3 is 15.5 Å². The molecule has 1 aliphatic rings. The number of likely N-dealkylation sites (tertiary alicyclic amines) is 1. The van der Waals surface area contributed by atoms with Gasteiger partial charge in [0.15, 0.2) is 0 Å². The van der Waals surface area contributed by atoms with Gasteiger partial charge in [-0.25, -0.2) is 4.98 Å². The number of carbonyl (C=O) groups is 1. The summed E-state index contributed by atoms with van der Waals surface area (Å²) < 4.78 is 0. The Hall–Kier alpha value is -1.90. The number of nitrogens with zero attached hydrogens (tertiary/aromatic N) is 3. The molecule has 1 amide bonds. The van der Waals surface area contributed by atoms with E-state index in [-0.39, 0.29) is 5.91 Å². The van der Waals surface area contributed by atoms with Crippen LogP contribution >= 0.6 is 0 Å². The van der Waals surface area contributed by atoms with Crippen LogP contribution in [0.1, 0.15) is 22.5 Å². The van der Waals surface area contributed by atoms with Crippen LogP contribution in [0.15, 0.2) is 18.3 Å². The normalized spacial score (nSPS) is 18.1. The van der Waals surface area contributed by atoms with Gasteiger partial charge >= 0.3 is 0 Å². The molecule has 5 nitrogen and oxygen atoms in total. The van der Waals surface area contributed by atoms with E-state index in [9.17, 15) is 4.79 Å². The third-order valence-electron chi connectivity index (χ3n) is 3.69. The summed E-state index contributed by atoms with van der Waals surface area (Å²) >= 11 is 0. The van der Waals surface area contributed by atoms with Crippen molar-refractivity contribution >= 4 is 5.91 Å². The van der Waals surface area contributed by atoms with Crippen LogP contribution in [0.3, 0.4) is 0 Å². The second-order valence-corrected chi connectivity index (χ2v) is 5.54. The van der Waals surface area contributed by atoms with Crippen LogP contribution in [-0.4, -0.2) is 61.0 Å². The summed E-state index contributed by atoms with van der Waals surface area (Å²) in [5, 5.41) is 0. The van der Waals surface area contributed by atoms with E-state index in [1.807, 2.05) is 7.05 Å². The molecular weight excluding hydrogens is 264 g/mol. The lowest BCUT2D eigenvalue weighted by molar-refractivity contribution is 0.0768. The number of nitrogens with two attached hydrogens (primary N) is 1. The Bertz CT molecular complexity index is 544. The lowest BCUT2D eigenvalue weighted by Gasteiger charge is -2.20. The molecule has 0 aromatic carbocycles. The highest BCUT2D eigenvalue weighted by molar-refractivity contribution is 5.92. The molecule has 0 saturated carbocycles. The molecule has 0 aliphatic carbocycles. The molecule has 21 heavy (non-hydrogen) atoms. The fourth-order valence-electron chi connectivity index (χ4n) is 2.59. The van der Waals surface area contributed by atoms with Gasteiger partial charge in [-0.3, -0.25) is 4.79 Å². The second-order valence-electron chi connectivity index (χ2n) is 5.54. The SMILES string of the molecule is CN1CCC(CN(C)C(=O)c2ccc(C#CCN)cn2)C1. The summed E-state index contributed by atoms with van der Waals surface area (Å²) in [6.07, 6.45) is 2.77. The molecule has 1 aliphatic heterocycles. The predicted molar refractivity (Wildman–Crippen MR) is 82.7 cm³/mol. The highest BCUT2D eigenvalue weighted by Crippen LogP contribution is 2.16. The maximum Gasteiger partial charge on any atom is 0.272 e. The third-order valence-corrected chi connectivity index (χ3v) is 3.69. The number of pyridine rings is 1. The summed E-state index contributed by atoms with van der Waals surface area (Å²) in [5.74, 6) is 6.18. The maximum atomic E-state index is 12.3. The monoisotopic (exact) mass is 286 g/mol. The van der Waals surface area contributed by atoms with Crippen molar-refractivity contribution in [1.82, 2.24) is 14.8 Å². The minimum Gasteiger partial charge on any atom is -0.340 e.